The molecule has 0 saturated carbocycles. The molecule has 1 amide bonds. The molecule has 0 atom stereocenters. The van der Waals surface area contributed by atoms with Gasteiger partial charge in [0.1, 0.15) is 5.69 Å². The monoisotopic (exact) mass is 372 g/mol. The van der Waals surface area contributed by atoms with Crippen LogP contribution >= 0.6 is 11.8 Å². The summed E-state index contributed by atoms with van der Waals surface area (Å²) in [5.74, 6) is 1.01. The quantitative estimate of drug-likeness (QED) is 0.653. The summed E-state index contributed by atoms with van der Waals surface area (Å²) in [6, 6.07) is 3.42. The van der Waals surface area contributed by atoms with Gasteiger partial charge in [0.25, 0.3) is 5.91 Å². The molecule has 4 rings (SSSR count). The molecule has 0 bridgehead atoms. The summed E-state index contributed by atoms with van der Waals surface area (Å²) in [6.45, 7) is 3.96. The summed E-state index contributed by atoms with van der Waals surface area (Å²) in [4.78, 5) is 14.5. The van der Waals surface area contributed by atoms with Crippen LogP contribution in [0.2, 0.25) is 0 Å². The van der Waals surface area contributed by atoms with E-state index in [9.17, 15) is 4.79 Å². The number of carbonyl (C=O) groups excluding carboxylic acids is 1. The molecule has 0 fully saturated rings. The van der Waals surface area contributed by atoms with E-state index < -0.39 is 0 Å². The Bertz CT molecular complexity index is 943. The Kier molecular flexibility index (Phi) is 4.31. The molecule has 0 spiro atoms. The van der Waals surface area contributed by atoms with Gasteiger partial charge in [0.05, 0.1) is 12.8 Å². The first kappa shape index (κ1) is 16.9. The summed E-state index contributed by atoms with van der Waals surface area (Å²) in [5.41, 5.74) is 2.97. The van der Waals surface area contributed by atoms with Gasteiger partial charge in [-0.3, -0.25) is 9.48 Å². The predicted octanol–water partition coefficient (Wildman–Crippen LogP) is 2.21. The third-order valence-electron chi connectivity index (χ3n) is 4.69. The molecule has 0 aliphatic carbocycles. The highest BCUT2D eigenvalue weighted by molar-refractivity contribution is 7.98. The van der Waals surface area contributed by atoms with E-state index in [-0.39, 0.29) is 5.91 Å². The molecule has 8 nitrogen and oxygen atoms in total. The highest BCUT2D eigenvalue weighted by Crippen LogP contribution is 2.31. The number of hydrogen-bond donors (Lipinski definition) is 0. The Morgan fingerprint density at radius 3 is 2.92 bits per heavy atom. The molecule has 4 heterocycles. The van der Waals surface area contributed by atoms with Gasteiger partial charge >= 0.3 is 0 Å². The lowest BCUT2D eigenvalue weighted by Crippen LogP contribution is -2.36. The Labute approximate surface area is 155 Å². The smallest absolute Gasteiger partial charge is 0.289 e. The van der Waals surface area contributed by atoms with Gasteiger partial charge in [0, 0.05) is 37.8 Å². The van der Waals surface area contributed by atoms with Crippen LogP contribution in [0.25, 0.3) is 11.5 Å². The summed E-state index contributed by atoms with van der Waals surface area (Å²) in [5, 5.41) is 14.2. The fourth-order valence-electron chi connectivity index (χ4n) is 3.40. The van der Waals surface area contributed by atoms with Crippen molar-refractivity contribution >= 4 is 17.7 Å². The molecule has 1 aliphatic rings. The molecule has 0 N–H and O–H groups in total. The van der Waals surface area contributed by atoms with Crippen LogP contribution in [0.1, 0.15) is 28.7 Å². The fraction of sp³-hybridized carbons (Fsp3) is 0.412. The number of hydrogen-bond acceptors (Lipinski definition) is 6. The van der Waals surface area contributed by atoms with Crippen LogP contribution in [0.4, 0.5) is 0 Å². The summed E-state index contributed by atoms with van der Waals surface area (Å²) >= 11 is 1.56. The van der Waals surface area contributed by atoms with Crippen molar-refractivity contribution in [3.05, 3.63) is 35.4 Å². The van der Waals surface area contributed by atoms with Crippen molar-refractivity contribution in [2.24, 2.45) is 7.05 Å². The number of rotatable bonds is 4. The average molecular weight is 372 g/mol. The van der Waals surface area contributed by atoms with E-state index in [2.05, 4.69) is 21.7 Å². The number of amides is 1. The van der Waals surface area contributed by atoms with Gasteiger partial charge in [-0.2, -0.15) is 5.10 Å². The van der Waals surface area contributed by atoms with Crippen LogP contribution in [0, 0.1) is 0 Å². The molecule has 136 valence electrons. The zero-order chi connectivity index (χ0) is 18.3. The van der Waals surface area contributed by atoms with Crippen LogP contribution in [-0.2, 0) is 26.6 Å². The molecular weight excluding hydrogens is 352 g/mol. The van der Waals surface area contributed by atoms with Crippen LogP contribution < -0.4 is 0 Å². The maximum Gasteiger partial charge on any atom is 0.289 e. The number of aryl methyl sites for hydroxylation is 1. The summed E-state index contributed by atoms with van der Waals surface area (Å²) < 4.78 is 9.22. The first-order valence-electron chi connectivity index (χ1n) is 8.49. The first-order valence-corrected chi connectivity index (χ1v) is 9.71. The van der Waals surface area contributed by atoms with E-state index >= 15 is 0 Å². The van der Waals surface area contributed by atoms with E-state index in [1.165, 1.54) is 6.26 Å². The lowest BCUT2D eigenvalue weighted by atomic mass is 10.0. The van der Waals surface area contributed by atoms with Gasteiger partial charge in [0.15, 0.2) is 16.7 Å². The number of carbonyl (C=O) groups is 1. The zero-order valence-corrected chi connectivity index (χ0v) is 15.8. The van der Waals surface area contributed by atoms with E-state index in [0.717, 1.165) is 40.9 Å². The van der Waals surface area contributed by atoms with E-state index in [1.807, 2.05) is 18.0 Å². The minimum Gasteiger partial charge on any atom is -0.459 e. The molecule has 9 heteroatoms. The number of nitrogens with zero attached hydrogens (tertiary/aromatic N) is 6. The maximum absolute atomic E-state index is 12.7. The van der Waals surface area contributed by atoms with Crippen molar-refractivity contribution in [1.29, 1.82) is 0 Å². The highest BCUT2D eigenvalue weighted by Gasteiger charge is 2.30. The van der Waals surface area contributed by atoms with Crippen molar-refractivity contribution < 1.29 is 9.21 Å². The normalized spacial score (nSPS) is 13.9. The number of fused-ring (bicyclic) bond motifs is 1. The Hall–Kier alpha value is -2.55. The second-order valence-corrected chi connectivity index (χ2v) is 6.88. The fourth-order valence-corrected chi connectivity index (χ4v) is 3.96. The Morgan fingerprint density at radius 2 is 2.23 bits per heavy atom. The minimum absolute atomic E-state index is 0.0998. The van der Waals surface area contributed by atoms with E-state index in [0.29, 0.717) is 18.8 Å². The standard InChI is InChI=1S/C17H20N6O2S/c1-4-23-15(18-19-17(23)26-3)14-11-10-22(8-7-12(11)21(2)20-14)16(24)13-6-5-9-25-13/h5-6,9H,4,7-8,10H2,1-3H3. The molecule has 26 heavy (non-hydrogen) atoms. The molecule has 0 radical (unpaired) electrons. The predicted molar refractivity (Wildman–Crippen MR) is 96.8 cm³/mol. The van der Waals surface area contributed by atoms with Gasteiger partial charge in [0.2, 0.25) is 0 Å². The van der Waals surface area contributed by atoms with Crippen molar-refractivity contribution in [3.63, 3.8) is 0 Å². The second-order valence-electron chi connectivity index (χ2n) is 6.11. The third-order valence-corrected chi connectivity index (χ3v) is 5.36. The van der Waals surface area contributed by atoms with E-state index in [1.54, 1.807) is 28.8 Å². The van der Waals surface area contributed by atoms with Gasteiger partial charge in [-0.1, -0.05) is 11.8 Å². The van der Waals surface area contributed by atoms with E-state index in [4.69, 9.17) is 9.52 Å². The summed E-state index contributed by atoms with van der Waals surface area (Å²) in [7, 11) is 1.94. The average Bonchev–Trinajstić information content (AvgIpc) is 3.39. The molecule has 3 aromatic heterocycles. The maximum atomic E-state index is 12.7. The SMILES string of the molecule is CCn1c(SC)nnc1-c1nn(C)c2c1CN(C(=O)c1ccco1)CC2. The molecular formula is C17H20N6O2S. The van der Waals surface area contributed by atoms with Gasteiger partial charge in [-0.15, -0.1) is 10.2 Å². The van der Waals surface area contributed by atoms with Crippen LogP contribution in [0.3, 0.4) is 0 Å². The van der Waals surface area contributed by atoms with Crippen molar-refractivity contribution in [1.82, 2.24) is 29.4 Å². The topological polar surface area (TPSA) is 82.0 Å². The Morgan fingerprint density at radius 1 is 1.38 bits per heavy atom. The van der Waals surface area contributed by atoms with Gasteiger partial charge < -0.3 is 13.9 Å². The third kappa shape index (κ3) is 2.63. The van der Waals surface area contributed by atoms with Crippen molar-refractivity contribution in [2.75, 3.05) is 12.8 Å². The molecule has 0 unspecified atom stereocenters. The molecule has 0 saturated heterocycles. The second kappa shape index (κ2) is 6.64. The number of thioether (sulfide) groups is 1. The lowest BCUT2D eigenvalue weighted by molar-refractivity contribution is 0.0701. The zero-order valence-electron chi connectivity index (χ0n) is 15.0. The number of furan rings is 1. The number of aromatic nitrogens is 5. The minimum atomic E-state index is -0.0998. The van der Waals surface area contributed by atoms with Crippen LogP contribution in [-0.4, -0.2) is 48.2 Å². The van der Waals surface area contributed by atoms with Gasteiger partial charge in [-0.05, 0) is 25.3 Å². The van der Waals surface area contributed by atoms with Crippen LogP contribution in [0.15, 0.2) is 28.0 Å². The molecule has 0 aromatic carbocycles. The lowest BCUT2D eigenvalue weighted by Gasteiger charge is -2.26. The largest absolute Gasteiger partial charge is 0.459 e. The molecule has 3 aromatic rings. The van der Waals surface area contributed by atoms with Crippen molar-refractivity contribution in [3.8, 4) is 11.5 Å². The van der Waals surface area contributed by atoms with Gasteiger partial charge in [-0.25, -0.2) is 0 Å². The summed E-state index contributed by atoms with van der Waals surface area (Å²) in [6.07, 6.45) is 4.25. The molecule has 1 aliphatic heterocycles. The Balaban J connectivity index is 1.73. The van der Waals surface area contributed by atoms with Crippen molar-refractivity contribution in [2.45, 2.75) is 31.6 Å². The highest BCUT2D eigenvalue weighted by atomic mass is 32.2. The first-order chi connectivity index (χ1) is 12.6. The van der Waals surface area contributed by atoms with Crippen LogP contribution in [0.5, 0.6) is 0 Å².